The van der Waals surface area contributed by atoms with Crippen LogP contribution in [-0.2, 0) is 20.4 Å². The summed E-state index contributed by atoms with van der Waals surface area (Å²) in [5.74, 6) is -0.209. The molecule has 1 saturated heterocycles. The maximum Gasteiger partial charge on any atom is 0.237 e. The molecule has 0 spiro atoms. The van der Waals surface area contributed by atoms with E-state index in [9.17, 15) is 13.2 Å². The second-order valence-electron chi connectivity index (χ2n) is 5.05. The quantitative estimate of drug-likeness (QED) is 0.809. The number of pyridine rings is 1. The van der Waals surface area contributed by atoms with Gasteiger partial charge < -0.3 is 4.90 Å². The summed E-state index contributed by atoms with van der Waals surface area (Å²) < 4.78 is 22.7. The van der Waals surface area contributed by atoms with Gasteiger partial charge >= 0.3 is 0 Å². The van der Waals surface area contributed by atoms with Gasteiger partial charge in [-0.3, -0.25) is 9.78 Å². The number of carbonyl (C=O) groups excluding carboxylic acids is 1. The number of likely N-dealkylation sites (tertiary alicyclic amines) is 1. The number of aromatic nitrogens is 1. The zero-order chi connectivity index (χ0) is 15.0. The Bertz CT molecular complexity index is 801. The number of halogens is 1. The molecule has 3 rings (SSSR count). The Kier molecular flexibility index (Phi) is 3.59. The smallest absolute Gasteiger partial charge is 0.237 e. The molecule has 1 fully saturated rings. The molecule has 1 atom stereocenters. The van der Waals surface area contributed by atoms with E-state index in [-0.39, 0.29) is 18.9 Å². The fraction of sp³-hybridized carbons (Fsp3) is 0.286. The molecule has 1 aliphatic rings. The normalized spacial score (nSPS) is 19.4. The molecule has 21 heavy (non-hydrogen) atoms. The van der Waals surface area contributed by atoms with Crippen molar-refractivity contribution >= 4 is 36.4 Å². The molecule has 0 bridgehead atoms. The first kappa shape index (κ1) is 14.3. The van der Waals surface area contributed by atoms with Gasteiger partial charge in [0.2, 0.25) is 15.0 Å². The lowest BCUT2D eigenvalue weighted by Gasteiger charge is -2.16. The second-order valence-corrected chi connectivity index (χ2v) is 7.96. The average Bonchev–Trinajstić information content (AvgIpc) is 2.81. The summed E-state index contributed by atoms with van der Waals surface area (Å²) >= 11 is 0. The number of benzene rings is 1. The lowest BCUT2D eigenvalue weighted by atomic mass is 10.1. The van der Waals surface area contributed by atoms with Crippen molar-refractivity contribution < 1.29 is 13.2 Å². The van der Waals surface area contributed by atoms with Crippen LogP contribution in [0.4, 0.5) is 0 Å². The molecule has 0 N–H and O–H groups in total. The predicted molar refractivity (Wildman–Crippen MR) is 80.3 cm³/mol. The maximum absolute atomic E-state index is 11.9. The lowest BCUT2D eigenvalue weighted by Crippen LogP contribution is -2.27. The largest absolute Gasteiger partial charge is 0.335 e. The molecule has 2 aromatic rings. The highest BCUT2D eigenvalue weighted by Crippen LogP contribution is 2.24. The monoisotopic (exact) mass is 324 g/mol. The highest BCUT2D eigenvalue weighted by atomic mass is 35.7. The number of amides is 1. The number of rotatable bonds is 3. The van der Waals surface area contributed by atoms with E-state index >= 15 is 0 Å². The van der Waals surface area contributed by atoms with Gasteiger partial charge in [0.25, 0.3) is 0 Å². The van der Waals surface area contributed by atoms with Gasteiger partial charge in [0.1, 0.15) is 5.25 Å². The molecule has 110 valence electrons. The summed E-state index contributed by atoms with van der Waals surface area (Å²) in [6, 6.07) is 9.65. The van der Waals surface area contributed by atoms with Crippen LogP contribution < -0.4 is 0 Å². The van der Waals surface area contributed by atoms with Crippen molar-refractivity contribution in [1.29, 1.82) is 0 Å². The third-order valence-corrected chi connectivity index (χ3v) is 5.54. The summed E-state index contributed by atoms with van der Waals surface area (Å²) in [7, 11) is 1.63. The van der Waals surface area contributed by atoms with Crippen LogP contribution in [0, 0.1) is 0 Å². The van der Waals surface area contributed by atoms with E-state index in [1.54, 1.807) is 6.20 Å². The highest BCUT2D eigenvalue weighted by Gasteiger charge is 2.37. The van der Waals surface area contributed by atoms with E-state index in [1.807, 2.05) is 30.3 Å². The Morgan fingerprint density at radius 2 is 2.05 bits per heavy atom. The van der Waals surface area contributed by atoms with E-state index in [2.05, 4.69) is 4.98 Å². The van der Waals surface area contributed by atoms with E-state index in [1.165, 1.54) is 4.90 Å². The third-order valence-electron chi connectivity index (χ3n) is 3.67. The lowest BCUT2D eigenvalue weighted by molar-refractivity contribution is -0.128. The fourth-order valence-electron chi connectivity index (χ4n) is 2.57. The first-order valence-corrected chi connectivity index (χ1v) is 8.86. The molecule has 5 nitrogen and oxygen atoms in total. The molecule has 2 heterocycles. The number of hydrogen-bond acceptors (Lipinski definition) is 4. The Morgan fingerprint density at radius 1 is 1.29 bits per heavy atom. The molecule has 1 aromatic carbocycles. The number of fused-ring (bicyclic) bond motifs is 1. The third kappa shape index (κ3) is 2.87. The van der Waals surface area contributed by atoms with Gasteiger partial charge in [0.05, 0.1) is 12.2 Å². The van der Waals surface area contributed by atoms with Crippen LogP contribution in [0.1, 0.15) is 12.1 Å². The zero-order valence-electron chi connectivity index (χ0n) is 11.1. The van der Waals surface area contributed by atoms with Crippen LogP contribution >= 0.6 is 10.7 Å². The SMILES string of the molecule is O=C1CC(S(=O)(=O)Cl)CN1Cc1nccc2ccccc12. The first-order chi connectivity index (χ1) is 9.95. The predicted octanol–water partition coefficient (Wildman–Crippen LogP) is 1.90. The van der Waals surface area contributed by atoms with Gasteiger partial charge in [-0.2, -0.15) is 0 Å². The van der Waals surface area contributed by atoms with Gasteiger partial charge in [0.15, 0.2) is 0 Å². The topological polar surface area (TPSA) is 67.3 Å². The Balaban J connectivity index is 1.88. The van der Waals surface area contributed by atoms with Crippen molar-refractivity contribution in [1.82, 2.24) is 9.88 Å². The molecule has 0 saturated carbocycles. The molecule has 1 unspecified atom stereocenters. The van der Waals surface area contributed by atoms with Gasteiger partial charge in [-0.15, -0.1) is 0 Å². The standard InChI is InChI=1S/C14H13ClN2O3S/c15-21(19,20)11-7-14(18)17(8-11)9-13-12-4-2-1-3-10(12)5-6-16-13/h1-6,11H,7-9H2. The van der Waals surface area contributed by atoms with Gasteiger partial charge in [0, 0.05) is 35.2 Å². The first-order valence-electron chi connectivity index (χ1n) is 6.49. The summed E-state index contributed by atoms with van der Waals surface area (Å²) in [5.41, 5.74) is 0.758. The maximum atomic E-state index is 11.9. The highest BCUT2D eigenvalue weighted by molar-refractivity contribution is 8.14. The van der Waals surface area contributed by atoms with Crippen LogP contribution in [-0.4, -0.2) is 36.0 Å². The summed E-state index contributed by atoms with van der Waals surface area (Å²) in [5, 5.41) is 1.17. The van der Waals surface area contributed by atoms with Gasteiger partial charge in [-0.1, -0.05) is 24.3 Å². The van der Waals surface area contributed by atoms with Crippen molar-refractivity contribution in [3.8, 4) is 0 Å². The number of hydrogen-bond donors (Lipinski definition) is 0. The van der Waals surface area contributed by atoms with Crippen LogP contribution in [0.15, 0.2) is 36.5 Å². The minimum absolute atomic E-state index is 0.0589. The van der Waals surface area contributed by atoms with Crippen molar-refractivity contribution in [2.45, 2.75) is 18.2 Å². The Morgan fingerprint density at radius 3 is 2.76 bits per heavy atom. The van der Waals surface area contributed by atoms with Crippen molar-refractivity contribution in [3.05, 3.63) is 42.2 Å². The van der Waals surface area contributed by atoms with E-state index in [0.29, 0.717) is 6.54 Å². The van der Waals surface area contributed by atoms with Crippen LogP contribution in [0.3, 0.4) is 0 Å². The van der Waals surface area contributed by atoms with E-state index in [4.69, 9.17) is 10.7 Å². The Labute approximate surface area is 127 Å². The van der Waals surface area contributed by atoms with Crippen LogP contribution in [0.5, 0.6) is 0 Å². The number of carbonyl (C=O) groups is 1. The van der Waals surface area contributed by atoms with Crippen molar-refractivity contribution in [2.75, 3.05) is 6.54 Å². The van der Waals surface area contributed by atoms with Crippen molar-refractivity contribution in [2.24, 2.45) is 0 Å². The molecule has 7 heteroatoms. The summed E-state index contributed by atoms with van der Waals surface area (Å²) in [6.07, 6.45) is 1.63. The van der Waals surface area contributed by atoms with Crippen LogP contribution in [0.25, 0.3) is 10.8 Å². The van der Waals surface area contributed by atoms with Gasteiger partial charge in [-0.25, -0.2) is 8.42 Å². The van der Waals surface area contributed by atoms with E-state index in [0.717, 1.165) is 16.5 Å². The molecular weight excluding hydrogens is 312 g/mol. The molecule has 0 aliphatic carbocycles. The minimum Gasteiger partial charge on any atom is -0.335 e. The van der Waals surface area contributed by atoms with Crippen LogP contribution in [0.2, 0.25) is 0 Å². The van der Waals surface area contributed by atoms with Crippen molar-refractivity contribution in [3.63, 3.8) is 0 Å². The molecule has 1 amide bonds. The van der Waals surface area contributed by atoms with Gasteiger partial charge in [-0.05, 0) is 11.5 Å². The second kappa shape index (κ2) is 5.27. The molecule has 0 radical (unpaired) electrons. The fourth-order valence-corrected chi connectivity index (χ4v) is 3.62. The zero-order valence-corrected chi connectivity index (χ0v) is 12.6. The van der Waals surface area contributed by atoms with E-state index < -0.39 is 14.3 Å². The summed E-state index contributed by atoms with van der Waals surface area (Å²) in [4.78, 5) is 17.8. The Hall–Kier alpha value is -1.66. The number of nitrogens with zero attached hydrogens (tertiary/aromatic N) is 2. The average molecular weight is 325 g/mol. The molecule has 1 aromatic heterocycles. The summed E-state index contributed by atoms with van der Waals surface area (Å²) in [6.45, 7) is 0.415. The molecule has 1 aliphatic heterocycles. The molecular formula is C14H13ClN2O3S. The minimum atomic E-state index is -3.71.